The SMILES string of the molecule is O=Cc1ccc(-c2ccnc(Cl)c2C=O)cc1. The van der Waals surface area contributed by atoms with Crippen molar-refractivity contribution in [3.63, 3.8) is 0 Å². The maximum Gasteiger partial charge on any atom is 0.153 e. The van der Waals surface area contributed by atoms with Gasteiger partial charge in [-0.05, 0) is 17.2 Å². The number of nitrogens with zero attached hydrogens (tertiary/aromatic N) is 1. The van der Waals surface area contributed by atoms with Crippen LogP contribution in [0.4, 0.5) is 0 Å². The molecule has 0 unspecified atom stereocenters. The molecule has 0 saturated heterocycles. The number of hydrogen-bond donors (Lipinski definition) is 0. The number of benzene rings is 1. The molecule has 17 heavy (non-hydrogen) atoms. The van der Waals surface area contributed by atoms with Crippen molar-refractivity contribution < 1.29 is 9.59 Å². The smallest absolute Gasteiger partial charge is 0.153 e. The van der Waals surface area contributed by atoms with Gasteiger partial charge in [0.25, 0.3) is 0 Å². The second-order valence-corrected chi connectivity index (χ2v) is 3.78. The molecule has 0 amide bonds. The van der Waals surface area contributed by atoms with E-state index in [9.17, 15) is 9.59 Å². The summed E-state index contributed by atoms with van der Waals surface area (Å²) in [5, 5.41) is 0.178. The molecule has 0 bridgehead atoms. The lowest BCUT2D eigenvalue weighted by atomic mass is 10.0. The third-order valence-corrected chi connectivity index (χ3v) is 2.72. The summed E-state index contributed by atoms with van der Waals surface area (Å²) in [6, 6.07) is 8.62. The van der Waals surface area contributed by atoms with E-state index in [1.165, 1.54) is 6.20 Å². The molecule has 4 heteroatoms. The summed E-state index contributed by atoms with van der Waals surface area (Å²) in [5.74, 6) is 0. The van der Waals surface area contributed by atoms with Crippen LogP contribution in [-0.2, 0) is 0 Å². The lowest BCUT2D eigenvalue weighted by Crippen LogP contribution is -1.91. The maximum absolute atomic E-state index is 11.0. The monoisotopic (exact) mass is 245 g/mol. The molecule has 2 aromatic rings. The van der Waals surface area contributed by atoms with E-state index in [0.29, 0.717) is 23.0 Å². The summed E-state index contributed by atoms with van der Waals surface area (Å²) >= 11 is 5.84. The minimum Gasteiger partial charge on any atom is -0.298 e. The van der Waals surface area contributed by atoms with E-state index < -0.39 is 0 Å². The van der Waals surface area contributed by atoms with Gasteiger partial charge in [-0.2, -0.15) is 0 Å². The summed E-state index contributed by atoms with van der Waals surface area (Å²) in [4.78, 5) is 25.4. The van der Waals surface area contributed by atoms with Gasteiger partial charge in [-0.1, -0.05) is 35.9 Å². The third-order valence-electron chi connectivity index (χ3n) is 2.42. The zero-order chi connectivity index (χ0) is 12.3. The molecule has 0 radical (unpaired) electrons. The molecular weight excluding hydrogens is 238 g/mol. The molecule has 0 fully saturated rings. The Bertz CT molecular complexity index is 564. The molecule has 0 atom stereocenters. The Morgan fingerprint density at radius 1 is 1.00 bits per heavy atom. The quantitative estimate of drug-likeness (QED) is 0.617. The molecule has 0 aliphatic heterocycles. The molecule has 0 aliphatic rings. The highest BCUT2D eigenvalue weighted by Gasteiger charge is 2.08. The molecule has 0 aliphatic carbocycles. The first kappa shape index (κ1) is 11.5. The van der Waals surface area contributed by atoms with E-state index in [2.05, 4.69) is 4.98 Å². The first-order valence-corrected chi connectivity index (χ1v) is 5.29. The van der Waals surface area contributed by atoms with Crippen molar-refractivity contribution in [2.24, 2.45) is 0 Å². The molecule has 2 rings (SSSR count). The van der Waals surface area contributed by atoms with Gasteiger partial charge in [-0.3, -0.25) is 9.59 Å². The van der Waals surface area contributed by atoms with Gasteiger partial charge >= 0.3 is 0 Å². The zero-order valence-electron chi connectivity index (χ0n) is 8.76. The first-order chi connectivity index (χ1) is 8.26. The molecule has 84 valence electrons. The van der Waals surface area contributed by atoms with E-state index >= 15 is 0 Å². The molecule has 0 saturated carbocycles. The van der Waals surface area contributed by atoms with Gasteiger partial charge in [-0.15, -0.1) is 0 Å². The van der Waals surface area contributed by atoms with Crippen molar-refractivity contribution >= 4 is 24.2 Å². The average molecular weight is 246 g/mol. The number of hydrogen-bond acceptors (Lipinski definition) is 3. The highest BCUT2D eigenvalue weighted by atomic mass is 35.5. The Labute approximate surface area is 103 Å². The van der Waals surface area contributed by atoms with E-state index in [1.54, 1.807) is 30.3 Å². The molecule has 3 nitrogen and oxygen atoms in total. The van der Waals surface area contributed by atoms with Crippen molar-refractivity contribution in [2.45, 2.75) is 0 Å². The van der Waals surface area contributed by atoms with Gasteiger partial charge in [0.2, 0.25) is 0 Å². The van der Waals surface area contributed by atoms with Crippen LogP contribution < -0.4 is 0 Å². The number of halogens is 1. The third kappa shape index (κ3) is 2.24. The number of aromatic nitrogens is 1. The predicted molar refractivity (Wildman–Crippen MR) is 65.5 cm³/mol. The minimum atomic E-state index is 0.178. The summed E-state index contributed by atoms with van der Waals surface area (Å²) in [7, 11) is 0. The van der Waals surface area contributed by atoms with Crippen LogP contribution in [0, 0.1) is 0 Å². The highest BCUT2D eigenvalue weighted by molar-refractivity contribution is 6.32. The number of aldehydes is 2. The van der Waals surface area contributed by atoms with Gasteiger partial charge < -0.3 is 0 Å². The van der Waals surface area contributed by atoms with Crippen LogP contribution in [0.25, 0.3) is 11.1 Å². The van der Waals surface area contributed by atoms with Crippen LogP contribution in [0.2, 0.25) is 5.15 Å². The van der Waals surface area contributed by atoms with Crippen LogP contribution in [0.3, 0.4) is 0 Å². The minimum absolute atomic E-state index is 0.178. The van der Waals surface area contributed by atoms with Crippen molar-refractivity contribution in [2.75, 3.05) is 0 Å². The largest absolute Gasteiger partial charge is 0.298 e. The van der Waals surface area contributed by atoms with Gasteiger partial charge in [0.05, 0.1) is 5.56 Å². The van der Waals surface area contributed by atoms with E-state index in [1.807, 2.05) is 0 Å². The van der Waals surface area contributed by atoms with Crippen molar-refractivity contribution in [3.8, 4) is 11.1 Å². The molecule has 0 N–H and O–H groups in total. The summed E-state index contributed by atoms with van der Waals surface area (Å²) < 4.78 is 0. The fraction of sp³-hybridized carbons (Fsp3) is 0. The maximum atomic E-state index is 11.0. The number of rotatable bonds is 3. The van der Waals surface area contributed by atoms with Crippen molar-refractivity contribution in [1.82, 2.24) is 4.98 Å². The fourth-order valence-corrected chi connectivity index (χ4v) is 1.76. The number of carbonyl (C=O) groups is 2. The zero-order valence-corrected chi connectivity index (χ0v) is 9.52. The van der Waals surface area contributed by atoms with Crippen LogP contribution in [0.1, 0.15) is 20.7 Å². The second-order valence-electron chi connectivity index (χ2n) is 3.42. The Morgan fingerprint density at radius 2 is 1.71 bits per heavy atom. The van der Waals surface area contributed by atoms with E-state index in [-0.39, 0.29) is 5.15 Å². The van der Waals surface area contributed by atoms with Crippen molar-refractivity contribution in [1.29, 1.82) is 0 Å². The Morgan fingerprint density at radius 3 is 2.29 bits per heavy atom. The lowest BCUT2D eigenvalue weighted by Gasteiger charge is -2.05. The Hall–Kier alpha value is -2.00. The molecule has 1 aromatic carbocycles. The summed E-state index contributed by atoms with van der Waals surface area (Å²) in [5.41, 5.74) is 2.47. The normalized spacial score (nSPS) is 9.94. The summed E-state index contributed by atoms with van der Waals surface area (Å²) in [6.07, 6.45) is 2.99. The molecule has 1 heterocycles. The standard InChI is InChI=1S/C13H8ClNO2/c14-13-12(8-17)11(5-6-15-13)10-3-1-9(7-16)2-4-10/h1-8H. The average Bonchev–Trinajstić information content (AvgIpc) is 2.38. The highest BCUT2D eigenvalue weighted by Crippen LogP contribution is 2.26. The predicted octanol–water partition coefficient (Wildman–Crippen LogP) is 3.03. The number of carbonyl (C=O) groups excluding carboxylic acids is 2. The first-order valence-electron chi connectivity index (χ1n) is 4.91. The molecule has 0 spiro atoms. The molecule has 1 aromatic heterocycles. The Balaban J connectivity index is 2.55. The Kier molecular flexibility index (Phi) is 3.30. The fourth-order valence-electron chi connectivity index (χ4n) is 1.55. The number of pyridine rings is 1. The van der Waals surface area contributed by atoms with Crippen LogP contribution in [0.5, 0.6) is 0 Å². The second kappa shape index (κ2) is 4.89. The van der Waals surface area contributed by atoms with Crippen LogP contribution in [0.15, 0.2) is 36.5 Å². The van der Waals surface area contributed by atoms with Crippen LogP contribution >= 0.6 is 11.6 Å². The van der Waals surface area contributed by atoms with Crippen molar-refractivity contribution in [3.05, 3.63) is 52.8 Å². The summed E-state index contributed by atoms with van der Waals surface area (Å²) in [6.45, 7) is 0. The molecular formula is C13H8ClNO2. The van der Waals surface area contributed by atoms with E-state index in [0.717, 1.165) is 11.8 Å². The lowest BCUT2D eigenvalue weighted by molar-refractivity contribution is 0.111. The van der Waals surface area contributed by atoms with Crippen LogP contribution in [-0.4, -0.2) is 17.6 Å². The van der Waals surface area contributed by atoms with E-state index in [4.69, 9.17) is 11.6 Å². The van der Waals surface area contributed by atoms with Gasteiger partial charge in [-0.25, -0.2) is 4.98 Å². The van der Waals surface area contributed by atoms with Gasteiger partial charge in [0.15, 0.2) is 6.29 Å². The van der Waals surface area contributed by atoms with Gasteiger partial charge in [0.1, 0.15) is 11.4 Å². The van der Waals surface area contributed by atoms with Gasteiger partial charge in [0, 0.05) is 11.8 Å². The topological polar surface area (TPSA) is 47.0 Å².